The van der Waals surface area contributed by atoms with Crippen LogP contribution < -0.4 is 5.32 Å². The van der Waals surface area contributed by atoms with E-state index < -0.39 is 18.3 Å². The molecule has 1 saturated heterocycles. The number of hydrogen-bond acceptors (Lipinski definition) is 1. The second-order valence-corrected chi connectivity index (χ2v) is 3.90. The van der Waals surface area contributed by atoms with Crippen LogP contribution in [0.5, 0.6) is 0 Å². The molecule has 0 aromatic heterocycles. The Hall–Kier alpha value is -0.320. The fourth-order valence-corrected chi connectivity index (χ4v) is 1.75. The number of halogens is 4. The van der Waals surface area contributed by atoms with Gasteiger partial charge in [-0.1, -0.05) is 0 Å². The van der Waals surface area contributed by atoms with Gasteiger partial charge in [0.15, 0.2) is 0 Å². The van der Waals surface area contributed by atoms with Gasteiger partial charge in [0, 0.05) is 13.0 Å². The second-order valence-electron chi connectivity index (χ2n) is 3.90. The van der Waals surface area contributed by atoms with E-state index in [1.807, 2.05) is 0 Å². The van der Waals surface area contributed by atoms with Gasteiger partial charge in [-0.05, 0) is 32.2 Å². The zero-order chi connectivity index (χ0) is 10.7. The third-order valence-electron chi connectivity index (χ3n) is 2.51. The van der Waals surface area contributed by atoms with Gasteiger partial charge in [0.1, 0.15) is 5.67 Å². The number of piperidine rings is 1. The van der Waals surface area contributed by atoms with E-state index in [1.54, 1.807) is 0 Å². The van der Waals surface area contributed by atoms with E-state index in [1.165, 1.54) is 0 Å². The molecule has 0 saturated carbocycles. The molecule has 1 N–H and O–H groups in total. The first-order chi connectivity index (χ1) is 6.41. The molecule has 1 atom stereocenters. The van der Waals surface area contributed by atoms with Crippen LogP contribution in [-0.2, 0) is 0 Å². The van der Waals surface area contributed by atoms with Gasteiger partial charge in [0.05, 0.1) is 0 Å². The highest BCUT2D eigenvalue weighted by atomic mass is 19.4. The maximum absolute atomic E-state index is 13.7. The quantitative estimate of drug-likeness (QED) is 0.711. The maximum atomic E-state index is 13.7. The molecule has 1 aliphatic heterocycles. The number of rotatable bonds is 3. The first-order valence-electron chi connectivity index (χ1n) is 4.88. The van der Waals surface area contributed by atoms with Crippen LogP contribution in [0.25, 0.3) is 0 Å². The van der Waals surface area contributed by atoms with E-state index in [0.717, 1.165) is 6.54 Å². The highest BCUT2D eigenvalue weighted by Gasteiger charge is 2.33. The van der Waals surface area contributed by atoms with Crippen molar-refractivity contribution in [3.05, 3.63) is 0 Å². The Morgan fingerprint density at radius 2 is 2.00 bits per heavy atom. The average molecular weight is 213 g/mol. The lowest BCUT2D eigenvalue weighted by molar-refractivity contribution is -0.137. The van der Waals surface area contributed by atoms with Crippen molar-refractivity contribution in [3.8, 4) is 0 Å². The molecule has 0 spiro atoms. The summed E-state index contributed by atoms with van der Waals surface area (Å²) in [5, 5.41) is 2.87. The summed E-state index contributed by atoms with van der Waals surface area (Å²) in [7, 11) is 0. The van der Waals surface area contributed by atoms with Crippen molar-refractivity contribution >= 4 is 0 Å². The normalized spacial score (nSPS) is 29.1. The Morgan fingerprint density at radius 1 is 1.29 bits per heavy atom. The molecule has 0 bridgehead atoms. The summed E-state index contributed by atoms with van der Waals surface area (Å²) in [4.78, 5) is 0. The predicted molar refractivity (Wildman–Crippen MR) is 45.8 cm³/mol. The highest BCUT2D eigenvalue weighted by Crippen LogP contribution is 2.30. The van der Waals surface area contributed by atoms with Crippen LogP contribution >= 0.6 is 0 Å². The molecule has 1 unspecified atom stereocenters. The molecule has 1 fully saturated rings. The molecule has 0 aromatic carbocycles. The second kappa shape index (κ2) is 4.47. The minimum Gasteiger partial charge on any atom is -0.314 e. The van der Waals surface area contributed by atoms with E-state index >= 15 is 0 Å². The molecule has 1 rings (SSSR count). The van der Waals surface area contributed by atoms with Gasteiger partial charge in [0.2, 0.25) is 0 Å². The third-order valence-corrected chi connectivity index (χ3v) is 2.51. The minimum absolute atomic E-state index is 0.0134. The van der Waals surface area contributed by atoms with Crippen LogP contribution in [-0.4, -0.2) is 24.9 Å². The Labute approximate surface area is 80.9 Å². The summed E-state index contributed by atoms with van der Waals surface area (Å²) in [5.74, 6) is 0. The van der Waals surface area contributed by atoms with Crippen LogP contribution in [0, 0.1) is 0 Å². The van der Waals surface area contributed by atoms with Crippen LogP contribution in [0.1, 0.15) is 32.1 Å². The third kappa shape index (κ3) is 4.26. The SMILES string of the molecule is FC(F)(F)CCCC1(F)CCCNC1. The van der Waals surface area contributed by atoms with E-state index in [4.69, 9.17) is 0 Å². The van der Waals surface area contributed by atoms with Crippen molar-refractivity contribution in [2.75, 3.05) is 13.1 Å². The molecule has 0 radical (unpaired) electrons. The van der Waals surface area contributed by atoms with Crippen LogP contribution in [0.2, 0.25) is 0 Å². The Bertz CT molecular complexity index is 172. The monoisotopic (exact) mass is 213 g/mol. The fraction of sp³-hybridized carbons (Fsp3) is 1.00. The zero-order valence-electron chi connectivity index (χ0n) is 7.96. The molecule has 84 valence electrons. The molecule has 0 aliphatic carbocycles. The first kappa shape index (κ1) is 11.8. The summed E-state index contributed by atoms with van der Waals surface area (Å²) in [6, 6.07) is 0. The molecule has 1 nitrogen and oxygen atoms in total. The van der Waals surface area contributed by atoms with Gasteiger partial charge in [-0.25, -0.2) is 4.39 Å². The van der Waals surface area contributed by atoms with Crippen molar-refractivity contribution in [1.82, 2.24) is 5.32 Å². The Balaban J connectivity index is 2.22. The molecule has 1 heterocycles. The van der Waals surface area contributed by atoms with E-state index in [9.17, 15) is 17.6 Å². The summed E-state index contributed by atoms with van der Waals surface area (Å²) >= 11 is 0. The van der Waals surface area contributed by atoms with Gasteiger partial charge in [0.25, 0.3) is 0 Å². The molecular formula is C9H15F4N. The van der Waals surface area contributed by atoms with E-state index in [2.05, 4.69) is 5.32 Å². The van der Waals surface area contributed by atoms with Gasteiger partial charge in [-0.15, -0.1) is 0 Å². The predicted octanol–water partition coefficient (Wildman–Crippen LogP) is 2.81. The lowest BCUT2D eigenvalue weighted by Crippen LogP contribution is -2.42. The molecule has 0 aromatic rings. The van der Waals surface area contributed by atoms with Crippen LogP contribution in [0.4, 0.5) is 17.6 Å². The van der Waals surface area contributed by atoms with Crippen molar-refractivity contribution in [1.29, 1.82) is 0 Å². The van der Waals surface area contributed by atoms with Crippen LogP contribution in [0.15, 0.2) is 0 Å². The van der Waals surface area contributed by atoms with Crippen molar-refractivity contribution in [2.45, 2.75) is 43.9 Å². The van der Waals surface area contributed by atoms with Gasteiger partial charge >= 0.3 is 6.18 Å². The van der Waals surface area contributed by atoms with Crippen molar-refractivity contribution in [2.24, 2.45) is 0 Å². The number of nitrogens with one attached hydrogen (secondary N) is 1. The van der Waals surface area contributed by atoms with E-state index in [-0.39, 0.29) is 19.4 Å². The first-order valence-corrected chi connectivity index (χ1v) is 4.88. The largest absolute Gasteiger partial charge is 0.389 e. The molecule has 1 aliphatic rings. The molecular weight excluding hydrogens is 198 g/mol. The summed E-state index contributed by atoms with van der Waals surface area (Å²) in [6.45, 7) is 0.968. The summed E-state index contributed by atoms with van der Waals surface area (Å²) in [5.41, 5.74) is -1.41. The minimum atomic E-state index is -4.15. The Morgan fingerprint density at radius 3 is 2.50 bits per heavy atom. The standard InChI is InChI=1S/C9H15F4N/c10-8(4-2-6-14-7-8)3-1-5-9(11,12)13/h14H,1-7H2. The highest BCUT2D eigenvalue weighted by molar-refractivity contribution is 4.85. The summed E-state index contributed by atoms with van der Waals surface area (Å²) in [6.07, 6.45) is -4.03. The zero-order valence-corrected chi connectivity index (χ0v) is 7.96. The lowest BCUT2D eigenvalue weighted by Gasteiger charge is -2.30. The topological polar surface area (TPSA) is 12.0 Å². The fourth-order valence-electron chi connectivity index (χ4n) is 1.75. The smallest absolute Gasteiger partial charge is 0.314 e. The maximum Gasteiger partial charge on any atom is 0.389 e. The number of alkyl halides is 4. The number of hydrogen-bond donors (Lipinski definition) is 1. The van der Waals surface area contributed by atoms with Crippen molar-refractivity contribution < 1.29 is 17.6 Å². The Kier molecular flexibility index (Phi) is 3.75. The molecule has 5 heteroatoms. The average Bonchev–Trinajstić information content (AvgIpc) is 2.02. The van der Waals surface area contributed by atoms with E-state index in [0.29, 0.717) is 12.8 Å². The van der Waals surface area contributed by atoms with Crippen LogP contribution in [0.3, 0.4) is 0 Å². The van der Waals surface area contributed by atoms with Gasteiger partial charge < -0.3 is 5.32 Å². The van der Waals surface area contributed by atoms with Gasteiger partial charge in [-0.2, -0.15) is 13.2 Å². The van der Waals surface area contributed by atoms with Crippen molar-refractivity contribution in [3.63, 3.8) is 0 Å². The molecule has 0 amide bonds. The summed E-state index contributed by atoms with van der Waals surface area (Å²) < 4.78 is 49.1. The van der Waals surface area contributed by atoms with Gasteiger partial charge in [-0.3, -0.25) is 0 Å². The lowest BCUT2D eigenvalue weighted by atomic mass is 9.90. The molecule has 14 heavy (non-hydrogen) atoms.